The number of nitrogens with zero attached hydrogens (tertiary/aromatic N) is 1. The number of hydrogen-bond donors (Lipinski definition) is 2. The third-order valence-electron chi connectivity index (χ3n) is 4.34. The van der Waals surface area contributed by atoms with Crippen molar-refractivity contribution < 1.29 is 19.5 Å². The van der Waals surface area contributed by atoms with Crippen LogP contribution in [0.1, 0.15) is 46.5 Å². The Bertz CT molecular complexity index is 489. The standard InChI is InChI=1S/C16H26N2O4S/c1-16(2,3)17-13(19)12-8-23-9-18(12)14(20)10-5-4-6-11(7-10)15(21)22/h10-12H,4-9H2,1-3H3,(H,17,19)(H,21,22). The zero-order valence-corrected chi connectivity index (χ0v) is 14.8. The molecule has 2 fully saturated rings. The third-order valence-corrected chi connectivity index (χ3v) is 5.35. The molecular weight excluding hydrogens is 316 g/mol. The maximum atomic E-state index is 12.8. The van der Waals surface area contributed by atoms with E-state index >= 15 is 0 Å². The van der Waals surface area contributed by atoms with Crippen molar-refractivity contribution in [2.75, 3.05) is 11.6 Å². The fraction of sp³-hybridized carbons (Fsp3) is 0.812. The highest BCUT2D eigenvalue weighted by atomic mass is 32.2. The molecule has 0 aromatic rings. The quantitative estimate of drug-likeness (QED) is 0.815. The number of amides is 2. The third kappa shape index (κ3) is 4.62. The lowest BCUT2D eigenvalue weighted by atomic mass is 9.80. The highest BCUT2D eigenvalue weighted by Crippen LogP contribution is 2.33. The highest BCUT2D eigenvalue weighted by molar-refractivity contribution is 7.99. The first-order valence-electron chi connectivity index (χ1n) is 8.12. The summed E-state index contributed by atoms with van der Waals surface area (Å²) in [7, 11) is 0. The molecule has 2 N–H and O–H groups in total. The van der Waals surface area contributed by atoms with Crippen LogP contribution in [0.2, 0.25) is 0 Å². The zero-order chi connectivity index (χ0) is 17.2. The summed E-state index contributed by atoms with van der Waals surface area (Å²) in [5, 5.41) is 12.1. The van der Waals surface area contributed by atoms with E-state index in [0.29, 0.717) is 24.5 Å². The van der Waals surface area contributed by atoms with Crippen molar-refractivity contribution in [3.05, 3.63) is 0 Å². The molecule has 0 spiro atoms. The molecular formula is C16H26N2O4S. The number of carboxylic acid groups (broad SMARTS) is 1. The molecule has 0 aromatic carbocycles. The van der Waals surface area contributed by atoms with E-state index in [2.05, 4.69) is 5.32 Å². The van der Waals surface area contributed by atoms with Gasteiger partial charge < -0.3 is 15.3 Å². The lowest BCUT2D eigenvalue weighted by Gasteiger charge is -2.32. The molecule has 1 aliphatic carbocycles. The highest BCUT2D eigenvalue weighted by Gasteiger charge is 2.40. The molecule has 0 bridgehead atoms. The SMILES string of the molecule is CC(C)(C)NC(=O)C1CSCN1C(=O)C1CCCC(C(=O)O)C1. The Morgan fingerprint density at radius 1 is 1.17 bits per heavy atom. The maximum absolute atomic E-state index is 12.8. The topological polar surface area (TPSA) is 86.7 Å². The Labute approximate surface area is 141 Å². The molecule has 2 rings (SSSR count). The van der Waals surface area contributed by atoms with Crippen LogP contribution in [-0.2, 0) is 14.4 Å². The summed E-state index contributed by atoms with van der Waals surface area (Å²) < 4.78 is 0. The second-order valence-electron chi connectivity index (χ2n) is 7.46. The summed E-state index contributed by atoms with van der Waals surface area (Å²) in [6.07, 6.45) is 2.51. The zero-order valence-electron chi connectivity index (χ0n) is 14.0. The van der Waals surface area contributed by atoms with E-state index < -0.39 is 17.9 Å². The van der Waals surface area contributed by atoms with Crippen LogP contribution >= 0.6 is 11.8 Å². The van der Waals surface area contributed by atoms with Gasteiger partial charge in [-0.3, -0.25) is 14.4 Å². The van der Waals surface area contributed by atoms with Gasteiger partial charge in [-0.05, 0) is 40.0 Å². The van der Waals surface area contributed by atoms with Crippen molar-refractivity contribution in [2.24, 2.45) is 11.8 Å². The van der Waals surface area contributed by atoms with Gasteiger partial charge in [0.15, 0.2) is 0 Å². The van der Waals surface area contributed by atoms with Gasteiger partial charge in [0.1, 0.15) is 6.04 Å². The van der Waals surface area contributed by atoms with E-state index in [1.807, 2.05) is 20.8 Å². The van der Waals surface area contributed by atoms with Crippen molar-refractivity contribution in [1.29, 1.82) is 0 Å². The molecule has 0 aromatic heterocycles. The lowest BCUT2D eigenvalue weighted by Crippen LogP contribution is -2.53. The maximum Gasteiger partial charge on any atom is 0.306 e. The van der Waals surface area contributed by atoms with Crippen LogP contribution in [0.15, 0.2) is 0 Å². The van der Waals surface area contributed by atoms with Gasteiger partial charge in [-0.2, -0.15) is 0 Å². The molecule has 130 valence electrons. The van der Waals surface area contributed by atoms with Crippen LogP contribution in [0.5, 0.6) is 0 Å². The van der Waals surface area contributed by atoms with Crippen LogP contribution in [0.3, 0.4) is 0 Å². The molecule has 1 saturated heterocycles. The lowest BCUT2D eigenvalue weighted by molar-refractivity contribution is -0.147. The molecule has 2 amide bonds. The second-order valence-corrected chi connectivity index (χ2v) is 8.46. The molecule has 23 heavy (non-hydrogen) atoms. The number of aliphatic carboxylic acids is 1. The summed E-state index contributed by atoms with van der Waals surface area (Å²) in [4.78, 5) is 38.0. The fourth-order valence-electron chi connectivity index (χ4n) is 3.20. The first-order valence-corrected chi connectivity index (χ1v) is 9.27. The average molecular weight is 342 g/mol. The molecule has 7 heteroatoms. The number of carbonyl (C=O) groups is 3. The number of carbonyl (C=O) groups excluding carboxylic acids is 2. The van der Waals surface area contributed by atoms with E-state index in [4.69, 9.17) is 0 Å². The minimum atomic E-state index is -0.819. The van der Waals surface area contributed by atoms with Crippen molar-refractivity contribution in [2.45, 2.75) is 58.0 Å². The normalized spacial score (nSPS) is 28.5. The summed E-state index contributed by atoms with van der Waals surface area (Å²) in [5.74, 6) is -0.599. The van der Waals surface area contributed by atoms with Crippen LogP contribution < -0.4 is 5.32 Å². The predicted molar refractivity (Wildman–Crippen MR) is 88.9 cm³/mol. The van der Waals surface area contributed by atoms with E-state index in [0.717, 1.165) is 12.8 Å². The van der Waals surface area contributed by atoms with Crippen LogP contribution in [0.4, 0.5) is 0 Å². The Morgan fingerprint density at radius 3 is 2.43 bits per heavy atom. The summed E-state index contributed by atoms with van der Waals surface area (Å²) in [6.45, 7) is 5.74. The first kappa shape index (κ1) is 18.1. The van der Waals surface area contributed by atoms with Crippen molar-refractivity contribution in [1.82, 2.24) is 10.2 Å². The number of rotatable bonds is 3. The molecule has 1 aliphatic heterocycles. The van der Waals surface area contributed by atoms with Gasteiger partial charge in [0.25, 0.3) is 0 Å². The molecule has 1 heterocycles. The molecule has 3 unspecified atom stereocenters. The van der Waals surface area contributed by atoms with Gasteiger partial charge >= 0.3 is 5.97 Å². The number of nitrogens with one attached hydrogen (secondary N) is 1. The Morgan fingerprint density at radius 2 is 1.83 bits per heavy atom. The predicted octanol–water partition coefficient (Wildman–Crippen LogP) is 1.69. The number of carboxylic acids is 1. The molecule has 6 nitrogen and oxygen atoms in total. The van der Waals surface area contributed by atoms with E-state index in [1.54, 1.807) is 16.7 Å². The Balaban J connectivity index is 2.02. The second kappa shape index (κ2) is 7.11. The minimum Gasteiger partial charge on any atom is -0.481 e. The van der Waals surface area contributed by atoms with E-state index in [9.17, 15) is 19.5 Å². The van der Waals surface area contributed by atoms with Gasteiger partial charge in [0, 0.05) is 17.2 Å². The van der Waals surface area contributed by atoms with Crippen LogP contribution in [0, 0.1) is 11.8 Å². The molecule has 3 atom stereocenters. The molecule has 0 radical (unpaired) electrons. The Kier molecular flexibility index (Phi) is 5.60. The number of thioether (sulfide) groups is 1. The summed E-state index contributed by atoms with van der Waals surface area (Å²) >= 11 is 1.57. The van der Waals surface area contributed by atoms with Gasteiger partial charge in [-0.15, -0.1) is 11.8 Å². The first-order chi connectivity index (χ1) is 10.7. The van der Waals surface area contributed by atoms with Gasteiger partial charge in [-0.1, -0.05) is 6.42 Å². The fourth-order valence-corrected chi connectivity index (χ4v) is 4.37. The smallest absolute Gasteiger partial charge is 0.306 e. The Hall–Kier alpha value is -1.24. The summed E-state index contributed by atoms with van der Waals surface area (Å²) in [6, 6.07) is -0.447. The molecule has 2 aliphatic rings. The van der Waals surface area contributed by atoms with E-state index in [1.165, 1.54) is 0 Å². The van der Waals surface area contributed by atoms with Crippen LogP contribution in [0.25, 0.3) is 0 Å². The number of hydrogen-bond acceptors (Lipinski definition) is 4. The summed E-state index contributed by atoms with van der Waals surface area (Å²) in [5.41, 5.74) is -0.335. The molecule has 1 saturated carbocycles. The monoisotopic (exact) mass is 342 g/mol. The van der Waals surface area contributed by atoms with Crippen molar-refractivity contribution >= 4 is 29.5 Å². The van der Waals surface area contributed by atoms with Crippen LogP contribution in [-0.4, -0.2) is 51.0 Å². The van der Waals surface area contributed by atoms with Gasteiger partial charge in [0.2, 0.25) is 11.8 Å². The average Bonchev–Trinajstić information content (AvgIpc) is 2.94. The minimum absolute atomic E-state index is 0.0602. The van der Waals surface area contributed by atoms with Crippen molar-refractivity contribution in [3.8, 4) is 0 Å². The van der Waals surface area contributed by atoms with Gasteiger partial charge in [0.05, 0.1) is 11.8 Å². The van der Waals surface area contributed by atoms with Crippen molar-refractivity contribution in [3.63, 3.8) is 0 Å². The van der Waals surface area contributed by atoms with E-state index in [-0.39, 0.29) is 23.3 Å². The van der Waals surface area contributed by atoms with Gasteiger partial charge in [-0.25, -0.2) is 0 Å². The largest absolute Gasteiger partial charge is 0.481 e.